The zero-order valence-corrected chi connectivity index (χ0v) is 23.5. The number of rotatable bonds is 7. The molecule has 4 aromatic rings. The van der Waals surface area contributed by atoms with E-state index in [1.807, 2.05) is 18.3 Å². The van der Waals surface area contributed by atoms with Crippen molar-refractivity contribution in [3.8, 4) is 11.3 Å². The summed E-state index contributed by atoms with van der Waals surface area (Å²) in [6, 6.07) is 12.8. The smallest absolute Gasteiger partial charge is 0.225 e. The summed E-state index contributed by atoms with van der Waals surface area (Å²) in [5, 5.41) is 0. The number of imidazole rings is 1. The zero-order chi connectivity index (χ0) is 27.8. The van der Waals surface area contributed by atoms with Crippen LogP contribution in [0, 0.1) is 5.92 Å². The number of aromatic nitrogens is 5. The fraction of sp³-hybridized carbons (Fsp3) is 0.452. The second-order valence-electron chi connectivity index (χ2n) is 11.3. The van der Waals surface area contributed by atoms with E-state index < -0.39 is 0 Å². The largest absolute Gasteiger partial charge is 0.378 e. The number of fused-ring (bicyclic) bond motifs is 1. The summed E-state index contributed by atoms with van der Waals surface area (Å²) in [7, 11) is 0. The van der Waals surface area contributed by atoms with Crippen molar-refractivity contribution >= 4 is 22.8 Å². The maximum absolute atomic E-state index is 12.4. The lowest BCUT2D eigenvalue weighted by Crippen LogP contribution is -2.49. The fourth-order valence-electron chi connectivity index (χ4n) is 5.93. The molecule has 3 aliphatic rings. The van der Waals surface area contributed by atoms with Crippen LogP contribution < -0.4 is 4.90 Å². The topological polar surface area (TPSA) is 103 Å². The van der Waals surface area contributed by atoms with Gasteiger partial charge in [-0.05, 0) is 49.6 Å². The first-order valence-corrected chi connectivity index (χ1v) is 14.7. The number of nitrogens with one attached hydrogen (secondary N) is 1. The van der Waals surface area contributed by atoms with Crippen LogP contribution in [0.1, 0.15) is 42.9 Å². The monoisotopic (exact) mass is 552 g/mol. The Balaban J connectivity index is 1.03. The number of hydrogen-bond acceptors (Lipinski definition) is 8. The molecule has 41 heavy (non-hydrogen) atoms. The molecule has 1 aromatic carbocycles. The van der Waals surface area contributed by atoms with Crippen LogP contribution in [0.2, 0.25) is 0 Å². The Hall–Kier alpha value is -3.89. The lowest BCUT2D eigenvalue weighted by Gasteiger charge is -2.38. The van der Waals surface area contributed by atoms with Crippen LogP contribution in [0.4, 0.5) is 5.82 Å². The van der Waals surface area contributed by atoms with Crippen molar-refractivity contribution in [3.63, 3.8) is 0 Å². The van der Waals surface area contributed by atoms with Crippen molar-refractivity contribution in [2.45, 2.75) is 32.2 Å². The van der Waals surface area contributed by atoms with Crippen LogP contribution in [-0.4, -0.2) is 93.1 Å². The maximum atomic E-state index is 12.4. The Morgan fingerprint density at radius 1 is 1.00 bits per heavy atom. The number of benzene rings is 1. The predicted molar refractivity (Wildman–Crippen MR) is 156 cm³/mol. The molecule has 1 saturated carbocycles. The van der Waals surface area contributed by atoms with E-state index in [0.29, 0.717) is 18.2 Å². The number of nitrogens with zero attached hydrogens (tertiary/aromatic N) is 7. The highest BCUT2D eigenvalue weighted by atomic mass is 16.5. The summed E-state index contributed by atoms with van der Waals surface area (Å²) in [6.07, 6.45) is 6.30. The Morgan fingerprint density at radius 2 is 1.83 bits per heavy atom. The number of morpholine rings is 1. The maximum Gasteiger partial charge on any atom is 0.225 e. The molecule has 1 amide bonds. The van der Waals surface area contributed by atoms with E-state index in [-0.39, 0.29) is 6.04 Å². The number of ether oxygens (including phenoxy) is 1. The molecule has 0 spiro atoms. The van der Waals surface area contributed by atoms with Gasteiger partial charge in [-0.15, -0.1) is 0 Å². The second-order valence-corrected chi connectivity index (χ2v) is 11.3. The molecule has 7 rings (SSSR count). The first kappa shape index (κ1) is 26.0. The van der Waals surface area contributed by atoms with Crippen LogP contribution in [-0.2, 0) is 16.0 Å². The Morgan fingerprint density at radius 3 is 2.63 bits per heavy atom. The number of H-pyrrole nitrogens is 1. The summed E-state index contributed by atoms with van der Waals surface area (Å²) in [5.41, 5.74) is 6.05. The molecule has 2 saturated heterocycles. The summed E-state index contributed by atoms with van der Waals surface area (Å²) < 4.78 is 5.48. The van der Waals surface area contributed by atoms with Gasteiger partial charge in [-0.25, -0.2) is 15.0 Å². The van der Waals surface area contributed by atoms with Crippen molar-refractivity contribution < 1.29 is 9.53 Å². The van der Waals surface area contributed by atoms with Crippen LogP contribution >= 0.6 is 0 Å². The normalized spacial score (nSPS) is 19.0. The van der Waals surface area contributed by atoms with Gasteiger partial charge in [0.25, 0.3) is 0 Å². The number of anilines is 1. The van der Waals surface area contributed by atoms with Crippen LogP contribution in [0.25, 0.3) is 22.3 Å². The predicted octanol–water partition coefficient (Wildman–Crippen LogP) is 3.46. The second kappa shape index (κ2) is 11.2. The summed E-state index contributed by atoms with van der Waals surface area (Å²) in [6.45, 7) is 8.82. The molecule has 5 heterocycles. The molecule has 2 aliphatic heterocycles. The minimum Gasteiger partial charge on any atom is -0.378 e. The molecule has 10 nitrogen and oxygen atoms in total. The number of hydrogen-bond donors (Lipinski definition) is 1. The standard InChI is InChI=1S/C31H36N8O2/c1-21(37-8-10-39(11-9-37)31(40)22-2-3-22)23-6-7-32-25(16-23)18-29-35-26-5-4-24(17-28(26)36-29)27-19-30(34-20-33-27)38-12-14-41-15-13-38/h4-7,16-17,19-22H,2-3,8-15,18H2,1H3,(H,35,36). The van der Waals surface area contributed by atoms with Gasteiger partial charge < -0.3 is 19.5 Å². The number of piperazine rings is 1. The summed E-state index contributed by atoms with van der Waals surface area (Å²) in [5.74, 6) is 2.47. The SMILES string of the molecule is CC(c1ccnc(Cc2nc3ccc(-c4cc(N5CCOCC5)ncn4)cc3[nH]2)c1)N1CCN(C(=O)C2CC2)CC1. The van der Waals surface area contributed by atoms with Crippen LogP contribution in [0.5, 0.6) is 0 Å². The number of carbonyl (C=O) groups is 1. The van der Waals surface area contributed by atoms with Gasteiger partial charge in [0, 0.05) is 81.2 Å². The zero-order valence-electron chi connectivity index (χ0n) is 23.5. The average Bonchev–Trinajstić information content (AvgIpc) is 3.80. The Labute approximate surface area is 239 Å². The fourth-order valence-corrected chi connectivity index (χ4v) is 5.93. The third kappa shape index (κ3) is 5.67. The van der Waals surface area contributed by atoms with E-state index in [1.54, 1.807) is 6.33 Å². The van der Waals surface area contributed by atoms with Gasteiger partial charge in [0.2, 0.25) is 5.91 Å². The highest BCUT2D eigenvalue weighted by Gasteiger charge is 2.35. The quantitative estimate of drug-likeness (QED) is 0.372. The summed E-state index contributed by atoms with van der Waals surface area (Å²) >= 11 is 0. The van der Waals surface area contributed by atoms with E-state index in [9.17, 15) is 4.79 Å². The van der Waals surface area contributed by atoms with Crippen molar-refractivity contribution in [2.24, 2.45) is 5.92 Å². The van der Waals surface area contributed by atoms with E-state index in [0.717, 1.165) is 105 Å². The Kier molecular flexibility index (Phi) is 7.10. The van der Waals surface area contributed by atoms with Crippen molar-refractivity contribution in [2.75, 3.05) is 57.4 Å². The highest BCUT2D eigenvalue weighted by molar-refractivity contribution is 5.82. The molecule has 0 radical (unpaired) electrons. The van der Waals surface area contributed by atoms with Gasteiger partial charge in [-0.1, -0.05) is 6.07 Å². The van der Waals surface area contributed by atoms with E-state index in [2.05, 4.69) is 65.8 Å². The first-order chi connectivity index (χ1) is 20.1. The van der Waals surface area contributed by atoms with Crippen LogP contribution in [0.3, 0.4) is 0 Å². The van der Waals surface area contributed by atoms with Gasteiger partial charge in [0.1, 0.15) is 18.0 Å². The number of pyridine rings is 1. The van der Waals surface area contributed by atoms with E-state index in [1.165, 1.54) is 5.56 Å². The van der Waals surface area contributed by atoms with Crippen LogP contribution in [0.15, 0.2) is 48.9 Å². The molecule has 0 bridgehead atoms. The van der Waals surface area contributed by atoms with Gasteiger partial charge in [-0.3, -0.25) is 14.7 Å². The molecular formula is C31H36N8O2. The first-order valence-electron chi connectivity index (χ1n) is 14.7. The minimum absolute atomic E-state index is 0.267. The van der Waals surface area contributed by atoms with Gasteiger partial charge in [-0.2, -0.15) is 0 Å². The lowest BCUT2D eigenvalue weighted by atomic mass is 10.1. The molecule has 1 aliphatic carbocycles. The number of aromatic amines is 1. The average molecular weight is 553 g/mol. The molecule has 1 atom stereocenters. The highest BCUT2D eigenvalue weighted by Crippen LogP contribution is 2.32. The molecule has 3 fully saturated rings. The van der Waals surface area contributed by atoms with Crippen molar-refractivity contribution in [3.05, 3.63) is 66.0 Å². The molecule has 1 unspecified atom stereocenters. The number of amides is 1. The Bertz CT molecular complexity index is 1540. The third-order valence-electron chi connectivity index (χ3n) is 8.59. The molecule has 212 valence electrons. The molecule has 10 heteroatoms. The van der Waals surface area contributed by atoms with Gasteiger partial charge in [0.15, 0.2) is 0 Å². The van der Waals surface area contributed by atoms with Crippen molar-refractivity contribution in [1.82, 2.24) is 34.7 Å². The van der Waals surface area contributed by atoms with Gasteiger partial charge >= 0.3 is 0 Å². The van der Waals surface area contributed by atoms with Gasteiger partial charge in [0.05, 0.1) is 29.9 Å². The van der Waals surface area contributed by atoms with Crippen molar-refractivity contribution in [1.29, 1.82) is 0 Å². The minimum atomic E-state index is 0.267. The molecule has 3 aromatic heterocycles. The summed E-state index contributed by atoms with van der Waals surface area (Å²) in [4.78, 5) is 41.2. The molecule has 1 N–H and O–H groups in total. The lowest BCUT2D eigenvalue weighted by molar-refractivity contribution is -0.134. The van der Waals surface area contributed by atoms with E-state index in [4.69, 9.17) is 9.72 Å². The van der Waals surface area contributed by atoms with E-state index >= 15 is 0 Å². The molecular weight excluding hydrogens is 516 g/mol. The number of carbonyl (C=O) groups excluding carboxylic acids is 1. The third-order valence-corrected chi connectivity index (χ3v) is 8.59.